The van der Waals surface area contributed by atoms with Crippen LogP contribution in [0.1, 0.15) is 21.5 Å². The highest BCUT2D eigenvalue weighted by Crippen LogP contribution is 2.54. The van der Waals surface area contributed by atoms with E-state index in [0.29, 0.717) is 0 Å². The van der Waals surface area contributed by atoms with Crippen molar-refractivity contribution in [3.63, 3.8) is 0 Å². The number of Topliss-reactive ketones (excluding diaryl/α,β-unsaturated/α-hetero) is 1. The molecule has 0 saturated heterocycles. The third-order valence-electron chi connectivity index (χ3n) is 4.02. The lowest BCUT2D eigenvalue weighted by Gasteiger charge is -2.29. The third-order valence-corrected chi connectivity index (χ3v) is 4.02. The Morgan fingerprint density at radius 3 is 2.48 bits per heavy atom. The summed E-state index contributed by atoms with van der Waals surface area (Å²) in [4.78, 5) is 40.0. The first-order valence-corrected chi connectivity index (χ1v) is 6.14. The zero-order valence-corrected chi connectivity index (χ0v) is 10.4. The van der Waals surface area contributed by atoms with Crippen LogP contribution < -0.4 is 16.6 Å². The molecule has 2 atom stereocenters. The second-order valence-electron chi connectivity index (χ2n) is 5.08. The van der Waals surface area contributed by atoms with Crippen LogP contribution in [0.2, 0.25) is 0 Å². The maximum atomic E-state index is 12.5. The quantitative estimate of drug-likeness (QED) is 0.409. The molecule has 8 nitrogen and oxygen atoms in total. The van der Waals surface area contributed by atoms with Crippen molar-refractivity contribution in [2.45, 2.75) is 11.3 Å². The average Bonchev–Trinajstić information content (AvgIpc) is 2.75. The van der Waals surface area contributed by atoms with E-state index in [9.17, 15) is 24.6 Å². The molecule has 106 valence electrons. The van der Waals surface area contributed by atoms with Crippen molar-refractivity contribution < 1.29 is 15.0 Å². The topological polar surface area (TPSA) is 135 Å². The largest absolute Gasteiger partial charge is 0.372 e. The normalized spacial score (nSPS) is 28.8. The molecule has 1 aromatic heterocycles. The molecule has 0 saturated carbocycles. The van der Waals surface area contributed by atoms with Crippen LogP contribution in [0.5, 0.6) is 0 Å². The summed E-state index contributed by atoms with van der Waals surface area (Å²) in [7, 11) is 0. The van der Waals surface area contributed by atoms with Crippen LogP contribution in [0.4, 0.5) is 5.82 Å². The number of ketones is 1. The lowest BCUT2D eigenvalue weighted by Crippen LogP contribution is -2.51. The number of carbonyl (C=O) groups is 1. The highest BCUT2D eigenvalue weighted by Gasteiger charge is 2.69. The molecule has 5 N–H and O–H groups in total. The van der Waals surface area contributed by atoms with Gasteiger partial charge in [0.15, 0.2) is 0 Å². The minimum Gasteiger partial charge on any atom is -0.372 e. The number of hydrogen-bond donors (Lipinski definition) is 5. The Labute approximate surface area is 116 Å². The average molecular weight is 287 g/mol. The predicted molar refractivity (Wildman–Crippen MR) is 69.9 cm³/mol. The summed E-state index contributed by atoms with van der Waals surface area (Å²) in [5, 5.41) is 24.1. The zero-order chi connectivity index (χ0) is 15.0. The maximum absolute atomic E-state index is 12.5. The van der Waals surface area contributed by atoms with Crippen LogP contribution in [0, 0.1) is 0 Å². The van der Waals surface area contributed by atoms with E-state index in [0.717, 1.165) is 0 Å². The number of benzene rings is 1. The van der Waals surface area contributed by atoms with Crippen LogP contribution in [-0.4, -0.2) is 26.0 Å². The molecule has 0 radical (unpaired) electrons. The number of hydrogen-bond acceptors (Lipinski definition) is 6. The van der Waals surface area contributed by atoms with Crippen molar-refractivity contribution in [1.82, 2.24) is 9.97 Å². The summed E-state index contributed by atoms with van der Waals surface area (Å²) in [5.41, 5.74) is -6.55. The highest BCUT2D eigenvalue weighted by molar-refractivity contribution is 6.11. The van der Waals surface area contributed by atoms with Gasteiger partial charge in [-0.1, -0.05) is 24.3 Å². The first-order valence-electron chi connectivity index (χ1n) is 6.14. The van der Waals surface area contributed by atoms with Crippen molar-refractivity contribution in [1.29, 1.82) is 0 Å². The molecule has 1 aliphatic heterocycles. The molecule has 1 aromatic carbocycles. The summed E-state index contributed by atoms with van der Waals surface area (Å²) >= 11 is 0. The van der Waals surface area contributed by atoms with Gasteiger partial charge in [-0.2, -0.15) is 0 Å². The van der Waals surface area contributed by atoms with Gasteiger partial charge in [-0.05, 0) is 0 Å². The number of aromatic amines is 2. The van der Waals surface area contributed by atoms with Crippen molar-refractivity contribution in [2.24, 2.45) is 0 Å². The van der Waals surface area contributed by atoms with E-state index in [-0.39, 0.29) is 16.9 Å². The minimum absolute atomic E-state index is 0.117. The molecule has 1 aliphatic carbocycles. The van der Waals surface area contributed by atoms with Crippen molar-refractivity contribution in [3.8, 4) is 0 Å². The van der Waals surface area contributed by atoms with Gasteiger partial charge in [-0.25, -0.2) is 4.79 Å². The number of aliphatic hydroxyl groups is 2. The minimum atomic E-state index is -2.48. The van der Waals surface area contributed by atoms with E-state index in [1.165, 1.54) is 12.1 Å². The number of fused-ring (bicyclic) bond motifs is 5. The van der Waals surface area contributed by atoms with Crippen molar-refractivity contribution >= 4 is 11.6 Å². The van der Waals surface area contributed by atoms with Gasteiger partial charge in [0.05, 0.1) is 0 Å². The summed E-state index contributed by atoms with van der Waals surface area (Å²) < 4.78 is 0. The maximum Gasteiger partial charge on any atom is 0.327 e. The molecular formula is C13H9N3O5. The van der Waals surface area contributed by atoms with E-state index in [1.807, 2.05) is 4.98 Å². The molecule has 2 heterocycles. The summed E-state index contributed by atoms with van der Waals surface area (Å²) in [6.45, 7) is 0. The van der Waals surface area contributed by atoms with Gasteiger partial charge in [0.25, 0.3) is 5.56 Å². The number of anilines is 1. The van der Waals surface area contributed by atoms with E-state index in [2.05, 4.69) is 10.3 Å². The molecule has 0 fully saturated rings. The first kappa shape index (κ1) is 12.1. The number of nitrogens with one attached hydrogen (secondary N) is 3. The predicted octanol–water partition coefficient (Wildman–Crippen LogP) is -1.28. The van der Waals surface area contributed by atoms with Gasteiger partial charge in [0, 0.05) is 11.1 Å². The van der Waals surface area contributed by atoms with Crippen LogP contribution in [0.3, 0.4) is 0 Å². The van der Waals surface area contributed by atoms with Crippen LogP contribution in [0.15, 0.2) is 33.9 Å². The van der Waals surface area contributed by atoms with Gasteiger partial charge in [0.2, 0.25) is 17.1 Å². The fourth-order valence-electron chi connectivity index (χ4n) is 3.11. The van der Waals surface area contributed by atoms with Crippen LogP contribution in [-0.2, 0) is 11.3 Å². The Kier molecular flexibility index (Phi) is 1.90. The SMILES string of the molecule is O=C1c2ccccc2C2(O)Nc3[nH]c(=O)[nH]c(=O)c3C12O. The smallest absolute Gasteiger partial charge is 0.327 e. The Bertz CT molecular complexity index is 930. The molecule has 21 heavy (non-hydrogen) atoms. The molecule has 2 aliphatic rings. The molecule has 0 amide bonds. The number of rotatable bonds is 0. The van der Waals surface area contributed by atoms with Gasteiger partial charge < -0.3 is 15.5 Å². The Morgan fingerprint density at radius 2 is 1.71 bits per heavy atom. The van der Waals surface area contributed by atoms with E-state index >= 15 is 0 Å². The number of aromatic nitrogens is 2. The van der Waals surface area contributed by atoms with Crippen LogP contribution in [0.25, 0.3) is 0 Å². The lowest BCUT2D eigenvalue weighted by molar-refractivity contribution is -0.101. The standard InChI is InChI=1S/C13H9N3O5/c17-8-5-3-1-2-4-6(5)13(21)12(8,20)7-9(16-13)14-11(19)15-10(7)18/h1-4,20-21H,(H3,14,15,16,18,19). The molecule has 2 aromatic rings. The fourth-order valence-corrected chi connectivity index (χ4v) is 3.11. The van der Waals surface area contributed by atoms with Crippen molar-refractivity contribution in [3.05, 3.63) is 61.8 Å². The number of H-pyrrole nitrogens is 2. The molecule has 2 unspecified atom stereocenters. The van der Waals surface area contributed by atoms with Gasteiger partial charge in [-0.3, -0.25) is 19.6 Å². The second-order valence-corrected chi connectivity index (χ2v) is 5.08. The van der Waals surface area contributed by atoms with Gasteiger partial charge in [0.1, 0.15) is 11.4 Å². The van der Waals surface area contributed by atoms with E-state index in [4.69, 9.17) is 0 Å². The fraction of sp³-hybridized carbons (Fsp3) is 0.154. The molecule has 8 heteroatoms. The Balaban J connectivity index is 2.13. The third kappa shape index (κ3) is 1.11. The first-order chi connectivity index (χ1) is 9.89. The Morgan fingerprint density at radius 1 is 1.00 bits per heavy atom. The molecule has 4 rings (SSSR count). The second kappa shape index (κ2) is 3.30. The summed E-state index contributed by atoms with van der Waals surface area (Å²) in [6, 6.07) is 6.10. The Hall–Kier alpha value is -2.71. The molecule has 0 spiro atoms. The number of carbonyl (C=O) groups excluding carboxylic acids is 1. The van der Waals surface area contributed by atoms with Gasteiger partial charge >= 0.3 is 5.69 Å². The van der Waals surface area contributed by atoms with Crippen molar-refractivity contribution in [2.75, 3.05) is 5.32 Å². The summed E-state index contributed by atoms with van der Waals surface area (Å²) in [6.07, 6.45) is 0. The monoisotopic (exact) mass is 287 g/mol. The highest BCUT2D eigenvalue weighted by atomic mass is 16.4. The van der Waals surface area contributed by atoms with E-state index < -0.39 is 33.9 Å². The summed E-state index contributed by atoms with van der Waals surface area (Å²) in [5.74, 6) is -0.971. The van der Waals surface area contributed by atoms with Gasteiger partial charge in [-0.15, -0.1) is 0 Å². The molecular weight excluding hydrogens is 278 g/mol. The van der Waals surface area contributed by atoms with Crippen LogP contribution >= 0.6 is 0 Å². The lowest BCUT2D eigenvalue weighted by atomic mass is 9.88. The zero-order valence-electron chi connectivity index (χ0n) is 10.4. The molecule has 0 bridgehead atoms. The van der Waals surface area contributed by atoms with E-state index in [1.54, 1.807) is 12.1 Å².